The summed E-state index contributed by atoms with van der Waals surface area (Å²) < 4.78 is 0. The predicted molar refractivity (Wildman–Crippen MR) is 90.1 cm³/mol. The maximum atomic E-state index is 2.32. The van der Waals surface area contributed by atoms with Gasteiger partial charge in [0.15, 0.2) is 0 Å². The lowest BCUT2D eigenvalue weighted by molar-refractivity contribution is 0.363. The lowest BCUT2D eigenvalue weighted by atomic mass is 10.1. The first kappa shape index (κ1) is 16.5. The third kappa shape index (κ3) is 5.20. The van der Waals surface area contributed by atoms with Crippen LogP contribution in [0, 0.1) is 0 Å². The molecule has 0 atom stereocenters. The number of hydrogen-bond acceptors (Lipinski definition) is 1. The van der Waals surface area contributed by atoms with Gasteiger partial charge in [-0.25, -0.2) is 0 Å². The first-order valence-electron chi connectivity index (χ1n) is 6.70. The molecule has 20 heavy (non-hydrogen) atoms. The fraction of sp³-hybridized carbons (Fsp3) is 0.222. The lowest BCUT2D eigenvalue weighted by Gasteiger charge is -2.15. The van der Waals surface area contributed by atoms with Crippen LogP contribution >= 0.6 is 12.4 Å². The Morgan fingerprint density at radius 2 is 1.50 bits per heavy atom. The average Bonchev–Trinajstić information content (AvgIpc) is 2.47. The van der Waals surface area contributed by atoms with Gasteiger partial charge in [-0.15, -0.1) is 12.4 Å². The van der Waals surface area contributed by atoms with Crippen LogP contribution in [0.25, 0.3) is 5.57 Å². The van der Waals surface area contributed by atoms with Crippen LogP contribution in [0.15, 0.2) is 66.7 Å². The van der Waals surface area contributed by atoms with E-state index in [-0.39, 0.29) is 12.4 Å². The Bertz CT molecular complexity index is 520. The van der Waals surface area contributed by atoms with Gasteiger partial charge in [-0.2, -0.15) is 0 Å². The molecule has 106 valence electrons. The van der Waals surface area contributed by atoms with Crippen LogP contribution in [0.2, 0.25) is 0 Å². The molecular formula is C18H22ClN. The minimum absolute atomic E-state index is 0. The standard InChI is InChI=1S/C18H21N.ClH/c1-16(18-11-7-4-8-12-18)13-14-19(2)15-17-9-5-3-6-10-17;/h3-13H,14-15H2,1-2H3;1H/b16-13+;. The molecule has 0 aromatic heterocycles. The fourth-order valence-corrected chi connectivity index (χ4v) is 2.07. The molecule has 0 N–H and O–H groups in total. The van der Waals surface area contributed by atoms with Crippen molar-refractivity contribution in [3.8, 4) is 0 Å². The quantitative estimate of drug-likeness (QED) is 0.774. The van der Waals surface area contributed by atoms with Crippen molar-refractivity contribution in [1.29, 1.82) is 0 Å². The molecule has 0 amide bonds. The van der Waals surface area contributed by atoms with E-state index in [0.717, 1.165) is 13.1 Å². The molecule has 2 aromatic carbocycles. The largest absolute Gasteiger partial charge is 0.298 e. The molecule has 0 saturated carbocycles. The van der Waals surface area contributed by atoms with Crippen LogP contribution in [-0.2, 0) is 6.54 Å². The molecule has 2 rings (SSSR count). The maximum absolute atomic E-state index is 2.32. The molecule has 2 heteroatoms. The summed E-state index contributed by atoms with van der Waals surface area (Å²) in [5.41, 5.74) is 3.99. The van der Waals surface area contributed by atoms with E-state index in [2.05, 4.69) is 85.6 Å². The molecule has 0 spiro atoms. The van der Waals surface area contributed by atoms with Gasteiger partial charge in [-0.05, 0) is 30.7 Å². The highest BCUT2D eigenvalue weighted by Crippen LogP contribution is 2.12. The van der Waals surface area contributed by atoms with Crippen LogP contribution in [0.4, 0.5) is 0 Å². The highest BCUT2D eigenvalue weighted by atomic mass is 35.5. The maximum Gasteiger partial charge on any atom is 0.0233 e. The predicted octanol–water partition coefficient (Wildman–Crippen LogP) is 4.64. The van der Waals surface area contributed by atoms with Crippen LogP contribution in [0.3, 0.4) is 0 Å². The molecule has 1 nitrogen and oxygen atoms in total. The molecule has 0 aliphatic heterocycles. The van der Waals surface area contributed by atoms with Crippen molar-refractivity contribution >= 4 is 18.0 Å². The molecule has 0 aliphatic carbocycles. The molecule has 0 fully saturated rings. The van der Waals surface area contributed by atoms with E-state index in [1.54, 1.807) is 0 Å². The highest BCUT2D eigenvalue weighted by molar-refractivity contribution is 5.85. The molecule has 0 radical (unpaired) electrons. The topological polar surface area (TPSA) is 3.24 Å². The number of benzene rings is 2. The van der Waals surface area contributed by atoms with E-state index in [1.165, 1.54) is 16.7 Å². The number of allylic oxidation sites excluding steroid dienone is 1. The lowest BCUT2D eigenvalue weighted by Crippen LogP contribution is -2.17. The first-order valence-corrected chi connectivity index (χ1v) is 6.70. The van der Waals surface area contributed by atoms with Crippen LogP contribution < -0.4 is 0 Å². The molecule has 0 aliphatic rings. The first-order chi connectivity index (χ1) is 9.25. The van der Waals surface area contributed by atoms with E-state index in [1.807, 2.05) is 0 Å². The fourth-order valence-electron chi connectivity index (χ4n) is 2.07. The second-order valence-corrected chi connectivity index (χ2v) is 4.94. The van der Waals surface area contributed by atoms with Crippen LogP contribution in [0.5, 0.6) is 0 Å². The summed E-state index contributed by atoms with van der Waals surface area (Å²) >= 11 is 0. The zero-order valence-electron chi connectivity index (χ0n) is 12.1. The van der Waals surface area contributed by atoms with Crippen molar-refractivity contribution in [1.82, 2.24) is 4.90 Å². The number of likely N-dealkylation sites (N-methyl/N-ethyl adjacent to an activating group) is 1. The van der Waals surface area contributed by atoms with Gasteiger partial charge in [0.1, 0.15) is 0 Å². The number of halogens is 1. The molecule has 2 aromatic rings. The van der Waals surface area contributed by atoms with Crippen molar-refractivity contribution in [2.45, 2.75) is 13.5 Å². The van der Waals surface area contributed by atoms with Gasteiger partial charge in [0.25, 0.3) is 0 Å². The summed E-state index contributed by atoms with van der Waals surface area (Å²) in [6.45, 7) is 4.13. The zero-order valence-corrected chi connectivity index (χ0v) is 12.9. The van der Waals surface area contributed by atoms with Gasteiger partial charge >= 0.3 is 0 Å². The van der Waals surface area contributed by atoms with E-state index in [9.17, 15) is 0 Å². The summed E-state index contributed by atoms with van der Waals surface area (Å²) in [5.74, 6) is 0. The molecule has 0 bridgehead atoms. The van der Waals surface area contributed by atoms with Crippen LogP contribution in [0.1, 0.15) is 18.1 Å². The van der Waals surface area contributed by atoms with Gasteiger partial charge in [0, 0.05) is 13.1 Å². The van der Waals surface area contributed by atoms with E-state index < -0.39 is 0 Å². The Balaban J connectivity index is 0.00000200. The highest BCUT2D eigenvalue weighted by Gasteiger charge is 1.99. The van der Waals surface area contributed by atoms with E-state index in [4.69, 9.17) is 0 Å². The Hall–Kier alpha value is -1.57. The summed E-state index contributed by atoms with van der Waals surface area (Å²) in [6.07, 6.45) is 2.29. The van der Waals surface area contributed by atoms with Crippen molar-refractivity contribution in [3.05, 3.63) is 77.9 Å². The third-order valence-electron chi connectivity index (χ3n) is 3.23. The molecule has 0 unspecified atom stereocenters. The molecule has 0 heterocycles. The second-order valence-electron chi connectivity index (χ2n) is 4.94. The summed E-state index contributed by atoms with van der Waals surface area (Å²) in [7, 11) is 2.15. The van der Waals surface area contributed by atoms with Gasteiger partial charge in [0.05, 0.1) is 0 Å². The summed E-state index contributed by atoms with van der Waals surface area (Å²) in [5, 5.41) is 0. The Labute approximate surface area is 128 Å². The monoisotopic (exact) mass is 287 g/mol. The van der Waals surface area contributed by atoms with Gasteiger partial charge in [-0.1, -0.05) is 66.7 Å². The Morgan fingerprint density at radius 3 is 2.10 bits per heavy atom. The number of nitrogens with zero attached hydrogens (tertiary/aromatic N) is 1. The normalized spacial score (nSPS) is 11.2. The van der Waals surface area contributed by atoms with E-state index in [0.29, 0.717) is 0 Å². The van der Waals surface area contributed by atoms with E-state index >= 15 is 0 Å². The van der Waals surface area contributed by atoms with Crippen molar-refractivity contribution in [3.63, 3.8) is 0 Å². The van der Waals surface area contributed by atoms with Gasteiger partial charge < -0.3 is 0 Å². The molecule has 0 saturated heterocycles. The summed E-state index contributed by atoms with van der Waals surface area (Å²) in [4.78, 5) is 2.32. The molecular weight excluding hydrogens is 266 g/mol. The summed E-state index contributed by atoms with van der Waals surface area (Å²) in [6, 6.07) is 21.1. The second kappa shape index (κ2) is 8.57. The smallest absolute Gasteiger partial charge is 0.0233 e. The number of rotatable bonds is 5. The minimum Gasteiger partial charge on any atom is -0.298 e. The van der Waals surface area contributed by atoms with Crippen LogP contribution in [-0.4, -0.2) is 18.5 Å². The Morgan fingerprint density at radius 1 is 0.950 bits per heavy atom. The minimum atomic E-state index is 0. The Kier molecular flexibility index (Phi) is 7.06. The van der Waals surface area contributed by atoms with Crippen molar-refractivity contribution < 1.29 is 0 Å². The van der Waals surface area contributed by atoms with Gasteiger partial charge in [0.2, 0.25) is 0 Å². The van der Waals surface area contributed by atoms with Crippen molar-refractivity contribution in [2.75, 3.05) is 13.6 Å². The van der Waals surface area contributed by atoms with Gasteiger partial charge in [-0.3, -0.25) is 4.90 Å². The SMILES string of the molecule is C/C(=C\CN(C)Cc1ccccc1)c1ccccc1.Cl. The third-order valence-corrected chi connectivity index (χ3v) is 3.23. The van der Waals surface area contributed by atoms with Crippen molar-refractivity contribution in [2.24, 2.45) is 0 Å². The zero-order chi connectivity index (χ0) is 13.5. The average molecular weight is 288 g/mol. The number of hydrogen-bond donors (Lipinski definition) is 0.